The lowest BCUT2D eigenvalue weighted by atomic mass is 10.1. The van der Waals surface area contributed by atoms with Crippen molar-refractivity contribution in [1.82, 2.24) is 10.6 Å². The van der Waals surface area contributed by atoms with Gasteiger partial charge in [0.1, 0.15) is 23.0 Å². The summed E-state index contributed by atoms with van der Waals surface area (Å²) in [6, 6.07) is 19.7. The number of carbonyl (C=O) groups is 2. The van der Waals surface area contributed by atoms with Gasteiger partial charge >= 0.3 is 0 Å². The number of rotatable bonds is 8. The molecule has 2 amide bonds. The van der Waals surface area contributed by atoms with Gasteiger partial charge in [0.15, 0.2) is 0 Å². The molecule has 0 spiro atoms. The number of para-hydroxylation sites is 1. The molecular weight excluding hydrogens is 479 g/mol. The SMILES string of the molecule is O=C(NCCO)/C(=C\c1ccc(Oc2ccccc2Br)cc1)NC(=O)c1ccccc1F. The second-order valence-corrected chi connectivity index (χ2v) is 7.43. The first kappa shape index (κ1) is 23.2. The molecule has 0 saturated heterocycles. The van der Waals surface area contributed by atoms with Crippen LogP contribution in [0.5, 0.6) is 11.5 Å². The molecule has 8 heteroatoms. The van der Waals surface area contributed by atoms with Crippen molar-refractivity contribution in [3.63, 3.8) is 0 Å². The van der Waals surface area contributed by atoms with E-state index in [4.69, 9.17) is 9.84 Å². The van der Waals surface area contributed by atoms with E-state index in [-0.39, 0.29) is 24.4 Å². The molecule has 3 aromatic rings. The van der Waals surface area contributed by atoms with E-state index >= 15 is 0 Å². The van der Waals surface area contributed by atoms with Gasteiger partial charge in [0.25, 0.3) is 11.8 Å². The van der Waals surface area contributed by atoms with Gasteiger partial charge in [0, 0.05) is 6.54 Å². The average Bonchev–Trinajstić information content (AvgIpc) is 2.80. The normalized spacial score (nSPS) is 11.0. The highest BCUT2D eigenvalue weighted by atomic mass is 79.9. The Morgan fingerprint density at radius 2 is 1.69 bits per heavy atom. The summed E-state index contributed by atoms with van der Waals surface area (Å²) in [6.45, 7) is -0.258. The Hall–Kier alpha value is -3.49. The zero-order chi connectivity index (χ0) is 22.9. The summed E-state index contributed by atoms with van der Waals surface area (Å²) in [5, 5.41) is 13.9. The number of carbonyl (C=O) groups excluding carboxylic acids is 2. The average molecular weight is 499 g/mol. The summed E-state index contributed by atoms with van der Waals surface area (Å²) in [5.74, 6) is -0.846. The number of benzene rings is 3. The number of hydrogen-bond acceptors (Lipinski definition) is 4. The third kappa shape index (κ3) is 6.26. The largest absolute Gasteiger partial charge is 0.456 e. The molecule has 0 radical (unpaired) electrons. The topological polar surface area (TPSA) is 87.7 Å². The highest BCUT2D eigenvalue weighted by molar-refractivity contribution is 9.10. The Morgan fingerprint density at radius 1 is 1.00 bits per heavy atom. The van der Waals surface area contributed by atoms with E-state index in [9.17, 15) is 14.0 Å². The lowest BCUT2D eigenvalue weighted by Crippen LogP contribution is -2.36. The lowest BCUT2D eigenvalue weighted by molar-refractivity contribution is -0.117. The van der Waals surface area contributed by atoms with Gasteiger partial charge in [0.2, 0.25) is 0 Å². The monoisotopic (exact) mass is 498 g/mol. The van der Waals surface area contributed by atoms with Gasteiger partial charge in [-0.1, -0.05) is 36.4 Å². The molecule has 0 aromatic heterocycles. The van der Waals surface area contributed by atoms with Crippen LogP contribution in [0.2, 0.25) is 0 Å². The van der Waals surface area contributed by atoms with Crippen LogP contribution in [-0.2, 0) is 4.79 Å². The molecule has 6 nitrogen and oxygen atoms in total. The Bertz CT molecular complexity index is 1130. The predicted molar refractivity (Wildman–Crippen MR) is 123 cm³/mol. The molecule has 3 N–H and O–H groups in total. The Balaban J connectivity index is 1.81. The number of nitrogens with one attached hydrogen (secondary N) is 2. The first-order chi connectivity index (χ1) is 15.5. The molecule has 0 aliphatic heterocycles. The van der Waals surface area contributed by atoms with E-state index < -0.39 is 17.6 Å². The fraction of sp³-hybridized carbons (Fsp3) is 0.0833. The van der Waals surface area contributed by atoms with E-state index in [2.05, 4.69) is 26.6 Å². The van der Waals surface area contributed by atoms with Crippen molar-refractivity contribution < 1.29 is 23.8 Å². The van der Waals surface area contributed by atoms with Crippen molar-refractivity contribution >= 4 is 33.8 Å². The maximum absolute atomic E-state index is 13.9. The van der Waals surface area contributed by atoms with E-state index in [1.54, 1.807) is 24.3 Å². The minimum Gasteiger partial charge on any atom is -0.456 e. The number of hydrogen-bond donors (Lipinski definition) is 3. The molecule has 0 atom stereocenters. The number of ether oxygens (including phenoxy) is 1. The van der Waals surface area contributed by atoms with E-state index in [1.807, 2.05) is 24.3 Å². The quantitative estimate of drug-likeness (QED) is 0.405. The second kappa shape index (κ2) is 11.2. The van der Waals surface area contributed by atoms with Gasteiger partial charge in [-0.25, -0.2) is 4.39 Å². The molecule has 3 rings (SSSR count). The molecule has 0 heterocycles. The number of aliphatic hydroxyl groups is 1. The van der Waals surface area contributed by atoms with Crippen molar-refractivity contribution in [2.75, 3.05) is 13.2 Å². The minimum atomic E-state index is -0.762. The van der Waals surface area contributed by atoms with Gasteiger partial charge in [-0.2, -0.15) is 0 Å². The van der Waals surface area contributed by atoms with Crippen molar-refractivity contribution in [2.45, 2.75) is 0 Å². The van der Waals surface area contributed by atoms with Crippen LogP contribution >= 0.6 is 15.9 Å². The second-order valence-electron chi connectivity index (χ2n) is 6.57. The standard InChI is InChI=1S/C24H20BrFN2O4/c25-19-6-2-4-8-22(19)32-17-11-9-16(10-12-17)15-21(24(31)27-13-14-29)28-23(30)18-5-1-3-7-20(18)26/h1-12,15,29H,13-14H2,(H,27,31)(H,28,30)/b21-15+. The summed E-state index contributed by atoms with van der Waals surface area (Å²) in [6.07, 6.45) is 1.45. The van der Waals surface area contributed by atoms with Crippen LogP contribution in [-0.4, -0.2) is 30.1 Å². The summed E-state index contributed by atoms with van der Waals surface area (Å²) in [4.78, 5) is 25.0. The van der Waals surface area contributed by atoms with Crippen LogP contribution in [0.1, 0.15) is 15.9 Å². The molecule has 164 valence electrons. The molecule has 0 bridgehead atoms. The first-order valence-corrected chi connectivity index (χ1v) is 10.5. The van der Waals surface area contributed by atoms with Crippen LogP contribution < -0.4 is 15.4 Å². The highest BCUT2D eigenvalue weighted by Crippen LogP contribution is 2.29. The Labute approximate surface area is 192 Å². The molecular formula is C24H20BrFN2O4. The zero-order valence-corrected chi connectivity index (χ0v) is 18.4. The maximum atomic E-state index is 13.9. The molecule has 3 aromatic carbocycles. The molecule has 0 aliphatic rings. The fourth-order valence-corrected chi connectivity index (χ4v) is 3.08. The van der Waals surface area contributed by atoms with E-state index in [0.29, 0.717) is 17.1 Å². The van der Waals surface area contributed by atoms with Crippen LogP contribution in [0.25, 0.3) is 6.08 Å². The van der Waals surface area contributed by atoms with Gasteiger partial charge in [0.05, 0.1) is 16.6 Å². The summed E-state index contributed by atoms with van der Waals surface area (Å²) in [5.41, 5.74) is 0.323. The van der Waals surface area contributed by atoms with Gasteiger partial charge in [-0.05, 0) is 64.0 Å². The fourth-order valence-electron chi connectivity index (χ4n) is 2.71. The lowest BCUT2D eigenvalue weighted by Gasteiger charge is -2.11. The number of amides is 2. The third-order valence-electron chi connectivity index (χ3n) is 4.26. The van der Waals surface area contributed by atoms with Crippen molar-refractivity contribution in [3.05, 3.63) is 99.9 Å². The smallest absolute Gasteiger partial charge is 0.267 e. The van der Waals surface area contributed by atoms with E-state index in [1.165, 1.54) is 24.3 Å². The Morgan fingerprint density at radius 3 is 2.38 bits per heavy atom. The molecule has 0 fully saturated rings. The molecule has 0 aliphatic carbocycles. The van der Waals surface area contributed by atoms with Gasteiger partial charge < -0.3 is 20.5 Å². The van der Waals surface area contributed by atoms with Crippen molar-refractivity contribution in [3.8, 4) is 11.5 Å². The first-order valence-electron chi connectivity index (χ1n) is 9.67. The van der Waals surface area contributed by atoms with Crippen LogP contribution in [0.3, 0.4) is 0 Å². The summed E-state index contributed by atoms with van der Waals surface area (Å²) < 4.78 is 20.6. The number of halogens is 2. The minimum absolute atomic E-state index is 0.00444. The van der Waals surface area contributed by atoms with Gasteiger partial charge in [-0.3, -0.25) is 9.59 Å². The van der Waals surface area contributed by atoms with Crippen molar-refractivity contribution in [2.24, 2.45) is 0 Å². The van der Waals surface area contributed by atoms with Crippen LogP contribution in [0.15, 0.2) is 83.0 Å². The molecule has 0 unspecified atom stereocenters. The Kier molecular flexibility index (Phi) is 8.13. The molecule has 0 saturated carbocycles. The number of aliphatic hydroxyl groups excluding tert-OH is 1. The van der Waals surface area contributed by atoms with Crippen LogP contribution in [0, 0.1) is 5.82 Å². The van der Waals surface area contributed by atoms with E-state index in [0.717, 1.165) is 10.5 Å². The van der Waals surface area contributed by atoms with Crippen LogP contribution in [0.4, 0.5) is 4.39 Å². The van der Waals surface area contributed by atoms with Crippen molar-refractivity contribution in [1.29, 1.82) is 0 Å². The highest BCUT2D eigenvalue weighted by Gasteiger charge is 2.17. The zero-order valence-electron chi connectivity index (χ0n) is 16.8. The third-order valence-corrected chi connectivity index (χ3v) is 4.92. The maximum Gasteiger partial charge on any atom is 0.267 e. The molecule has 32 heavy (non-hydrogen) atoms. The summed E-state index contributed by atoms with van der Waals surface area (Å²) in [7, 11) is 0. The summed E-state index contributed by atoms with van der Waals surface area (Å²) >= 11 is 3.42. The predicted octanol–water partition coefficient (Wildman–Crippen LogP) is 4.26. The van der Waals surface area contributed by atoms with Gasteiger partial charge in [-0.15, -0.1) is 0 Å².